The predicted octanol–water partition coefficient (Wildman–Crippen LogP) is 2.78. The van der Waals surface area contributed by atoms with Crippen LogP contribution in [0.1, 0.15) is 36.5 Å². The zero-order valence-electron chi connectivity index (χ0n) is 18.8. The molecule has 0 fully saturated rings. The topological polar surface area (TPSA) is 85.7 Å². The second-order valence-electron chi connectivity index (χ2n) is 8.05. The molecular formula is C26H23N5O2S. The minimum absolute atomic E-state index is 0.176. The van der Waals surface area contributed by atoms with Crippen LogP contribution in [-0.4, -0.2) is 26.4 Å². The van der Waals surface area contributed by atoms with E-state index in [0.29, 0.717) is 26.3 Å². The first-order valence-electron chi connectivity index (χ1n) is 11.2. The molecule has 0 amide bonds. The van der Waals surface area contributed by atoms with E-state index in [0.717, 1.165) is 49.4 Å². The number of aryl methyl sites for hydroxylation is 1. The molecule has 1 aliphatic rings. The minimum atomic E-state index is -0.176. The number of methoxy groups -OCH3 is 1. The summed E-state index contributed by atoms with van der Waals surface area (Å²) in [6.07, 6.45) is 5.89. The van der Waals surface area contributed by atoms with Crippen molar-refractivity contribution in [1.29, 1.82) is 5.26 Å². The van der Waals surface area contributed by atoms with Crippen LogP contribution in [0.15, 0.2) is 59.4 Å². The lowest BCUT2D eigenvalue weighted by atomic mass is 10.2. The molecule has 2 aromatic heterocycles. The molecule has 7 nitrogen and oxygen atoms in total. The monoisotopic (exact) mass is 469 g/mol. The number of hydrogen-bond donors (Lipinski definition) is 0. The average molecular weight is 470 g/mol. The second-order valence-corrected chi connectivity index (χ2v) is 9.08. The van der Waals surface area contributed by atoms with E-state index in [1.807, 2.05) is 65.2 Å². The normalized spacial score (nSPS) is 14.8. The molecule has 0 N–H and O–H groups in total. The van der Waals surface area contributed by atoms with E-state index in [1.165, 1.54) is 11.3 Å². The lowest BCUT2D eigenvalue weighted by molar-refractivity contribution is 0.415. The van der Waals surface area contributed by atoms with Crippen molar-refractivity contribution in [1.82, 2.24) is 19.3 Å². The van der Waals surface area contributed by atoms with E-state index in [1.54, 1.807) is 11.7 Å². The molecule has 34 heavy (non-hydrogen) atoms. The molecule has 5 rings (SSSR count). The average Bonchev–Trinajstić information content (AvgIpc) is 3.31. The third-order valence-corrected chi connectivity index (χ3v) is 7.00. The van der Waals surface area contributed by atoms with E-state index >= 15 is 0 Å². The smallest absolute Gasteiger partial charge is 0.273 e. The highest BCUT2D eigenvalue weighted by Crippen LogP contribution is 2.18. The van der Waals surface area contributed by atoms with Gasteiger partial charge < -0.3 is 9.30 Å². The highest BCUT2D eigenvalue weighted by Gasteiger charge is 2.21. The Morgan fingerprint density at radius 3 is 2.62 bits per heavy atom. The van der Waals surface area contributed by atoms with E-state index in [9.17, 15) is 10.1 Å². The van der Waals surface area contributed by atoms with Gasteiger partial charge in [-0.05, 0) is 48.7 Å². The zero-order valence-corrected chi connectivity index (χ0v) is 19.6. The Morgan fingerprint density at radius 1 is 1.09 bits per heavy atom. The van der Waals surface area contributed by atoms with Gasteiger partial charge in [-0.3, -0.25) is 9.36 Å². The van der Waals surface area contributed by atoms with E-state index in [4.69, 9.17) is 4.74 Å². The van der Waals surface area contributed by atoms with Crippen LogP contribution in [0.2, 0.25) is 0 Å². The Labute approximate surface area is 200 Å². The van der Waals surface area contributed by atoms with Crippen molar-refractivity contribution in [3.8, 4) is 17.5 Å². The van der Waals surface area contributed by atoms with Crippen LogP contribution in [0.5, 0.6) is 5.75 Å². The van der Waals surface area contributed by atoms with Crippen LogP contribution in [-0.2, 0) is 13.0 Å². The van der Waals surface area contributed by atoms with Crippen molar-refractivity contribution in [2.24, 2.45) is 0 Å². The summed E-state index contributed by atoms with van der Waals surface area (Å²) >= 11 is 1.30. The van der Waals surface area contributed by atoms with Crippen LogP contribution in [0.25, 0.3) is 17.3 Å². The second kappa shape index (κ2) is 9.49. The van der Waals surface area contributed by atoms with Crippen molar-refractivity contribution < 1.29 is 4.74 Å². The van der Waals surface area contributed by atoms with Crippen molar-refractivity contribution in [3.05, 3.63) is 91.4 Å². The van der Waals surface area contributed by atoms with E-state index in [-0.39, 0.29) is 5.56 Å². The quantitative estimate of drug-likeness (QED) is 0.459. The molecule has 2 aromatic carbocycles. The number of para-hydroxylation sites is 1. The molecule has 3 heterocycles. The summed E-state index contributed by atoms with van der Waals surface area (Å²) in [6.45, 7) is 0.772. The molecule has 0 radical (unpaired) electrons. The Bertz CT molecular complexity index is 1540. The van der Waals surface area contributed by atoms with Crippen molar-refractivity contribution >= 4 is 23.0 Å². The number of hydrogen-bond acceptors (Lipinski definition) is 6. The standard InChI is InChI=1S/C26H23N5O2S/c1-33-20-13-11-18(12-14-20)16-22-25(32)31(19-8-4-2-5-9-19)26(34-22)21(17-27)24-29-28-23-10-6-3-7-15-30(23)24/h2,4-5,8-9,11-14,16H,3,6-7,10,15H2,1H3/b22-16-,26-21+. The largest absolute Gasteiger partial charge is 0.497 e. The van der Waals surface area contributed by atoms with Gasteiger partial charge in [0.1, 0.15) is 27.9 Å². The van der Waals surface area contributed by atoms with Crippen molar-refractivity contribution in [3.63, 3.8) is 0 Å². The number of nitrogens with zero attached hydrogens (tertiary/aromatic N) is 5. The maximum absolute atomic E-state index is 13.6. The van der Waals surface area contributed by atoms with Crippen LogP contribution in [0.3, 0.4) is 0 Å². The lowest BCUT2D eigenvalue weighted by Gasteiger charge is -2.07. The van der Waals surface area contributed by atoms with E-state index < -0.39 is 0 Å². The van der Waals surface area contributed by atoms with Gasteiger partial charge in [0, 0.05) is 13.0 Å². The molecule has 8 heteroatoms. The number of rotatable bonds is 4. The maximum Gasteiger partial charge on any atom is 0.273 e. The van der Waals surface area contributed by atoms with E-state index in [2.05, 4.69) is 16.3 Å². The van der Waals surface area contributed by atoms with Gasteiger partial charge in [-0.25, -0.2) is 0 Å². The molecule has 0 spiro atoms. The maximum atomic E-state index is 13.6. The molecule has 1 aliphatic heterocycles. The fraction of sp³-hybridized carbons (Fsp3) is 0.231. The minimum Gasteiger partial charge on any atom is -0.497 e. The summed E-state index contributed by atoms with van der Waals surface area (Å²) in [5, 5.41) is 19.0. The first-order valence-corrected chi connectivity index (χ1v) is 12.0. The molecule has 0 bridgehead atoms. The van der Waals surface area contributed by atoms with Gasteiger partial charge in [0.2, 0.25) is 0 Å². The van der Waals surface area contributed by atoms with Gasteiger partial charge in [0.25, 0.3) is 5.56 Å². The van der Waals surface area contributed by atoms with Crippen LogP contribution >= 0.6 is 11.3 Å². The number of fused-ring (bicyclic) bond motifs is 1. The lowest BCUT2D eigenvalue weighted by Crippen LogP contribution is -2.31. The van der Waals surface area contributed by atoms with Crippen LogP contribution in [0.4, 0.5) is 0 Å². The summed E-state index contributed by atoms with van der Waals surface area (Å²) in [6, 6.07) is 19.2. The van der Waals surface area contributed by atoms with Gasteiger partial charge >= 0.3 is 0 Å². The Kier molecular flexibility index (Phi) is 6.11. The van der Waals surface area contributed by atoms with Crippen molar-refractivity contribution in [2.45, 2.75) is 32.2 Å². The highest BCUT2D eigenvalue weighted by molar-refractivity contribution is 7.07. The third-order valence-electron chi connectivity index (χ3n) is 5.91. The molecular weight excluding hydrogens is 446 g/mol. The molecule has 0 aliphatic carbocycles. The molecule has 0 unspecified atom stereocenters. The third kappa shape index (κ3) is 4.06. The number of aromatic nitrogens is 4. The van der Waals surface area contributed by atoms with Gasteiger partial charge in [-0.1, -0.05) is 36.8 Å². The van der Waals surface area contributed by atoms with Gasteiger partial charge in [0.15, 0.2) is 5.82 Å². The summed E-state index contributed by atoms with van der Waals surface area (Å²) in [4.78, 5) is 13.6. The Hall–Kier alpha value is -3.96. The summed E-state index contributed by atoms with van der Waals surface area (Å²) in [5.41, 5.74) is 1.77. The fourth-order valence-corrected chi connectivity index (χ4v) is 5.28. The number of nitriles is 1. The predicted molar refractivity (Wildman–Crippen MR) is 131 cm³/mol. The molecule has 4 aromatic rings. The molecule has 0 saturated carbocycles. The van der Waals surface area contributed by atoms with Crippen molar-refractivity contribution in [2.75, 3.05) is 7.11 Å². The number of ether oxygens (including phenoxy) is 1. The molecule has 170 valence electrons. The molecule has 0 atom stereocenters. The summed E-state index contributed by atoms with van der Waals surface area (Å²) in [5.74, 6) is 2.18. The van der Waals surface area contributed by atoms with Gasteiger partial charge in [-0.2, -0.15) is 5.26 Å². The molecule has 0 saturated heterocycles. The van der Waals surface area contributed by atoms with Crippen LogP contribution in [0, 0.1) is 11.3 Å². The first kappa shape index (κ1) is 21.9. The SMILES string of the molecule is COc1ccc(/C=c2\s/c(=C(\C#N)c3nnc4n3CCCCC4)n(-c3ccccc3)c2=O)cc1. The number of thiazole rings is 1. The first-order chi connectivity index (χ1) is 16.7. The summed E-state index contributed by atoms with van der Waals surface area (Å²) < 4.78 is 9.97. The van der Waals surface area contributed by atoms with Gasteiger partial charge in [0.05, 0.1) is 17.3 Å². The summed E-state index contributed by atoms with van der Waals surface area (Å²) in [7, 11) is 1.62. The zero-order chi connectivity index (χ0) is 23.5. The highest BCUT2D eigenvalue weighted by atomic mass is 32.1. The van der Waals surface area contributed by atoms with Crippen LogP contribution < -0.4 is 19.5 Å². The number of benzene rings is 2. The Morgan fingerprint density at radius 2 is 1.88 bits per heavy atom. The van der Waals surface area contributed by atoms with Gasteiger partial charge in [-0.15, -0.1) is 21.5 Å². The Balaban J connectivity index is 1.79. The fourth-order valence-electron chi connectivity index (χ4n) is 4.18.